The number of halogens is 4. The first kappa shape index (κ1) is 12.4. The van der Waals surface area contributed by atoms with Gasteiger partial charge < -0.3 is 10.1 Å². The number of hydrogen-bond donors (Lipinski definition) is 0. The molecule has 1 rings (SSSR count). The summed E-state index contributed by atoms with van der Waals surface area (Å²) >= 11 is 5.89. The van der Waals surface area contributed by atoms with E-state index in [0.29, 0.717) is 0 Å². The van der Waals surface area contributed by atoms with Crippen molar-refractivity contribution in [2.75, 3.05) is 0 Å². The molecule has 0 fully saturated rings. The molecule has 0 bridgehead atoms. The average molecular weight is 346 g/mol. The van der Waals surface area contributed by atoms with Gasteiger partial charge in [0.05, 0.1) is 5.56 Å². The molecule has 0 aliphatic rings. The molecule has 0 aromatic carbocycles. The molecule has 1 aromatic heterocycles. The van der Waals surface area contributed by atoms with E-state index >= 15 is 0 Å². The summed E-state index contributed by atoms with van der Waals surface area (Å²) in [7, 11) is 0. The Kier molecular flexibility index (Phi) is 4.09. The van der Waals surface area contributed by atoms with E-state index in [-0.39, 0.29) is 20.9 Å². The van der Waals surface area contributed by atoms with E-state index in [9.17, 15) is 18.9 Å². The first-order valence-corrected chi connectivity index (χ1v) is 5.56. The molecule has 1 heterocycles. The topological polar surface area (TPSA) is 56.0 Å². The molecular formula is C7H4Br2F2N2O2. The van der Waals surface area contributed by atoms with Crippen LogP contribution in [-0.4, -0.2) is 9.91 Å². The summed E-state index contributed by atoms with van der Waals surface area (Å²) in [5, 5.41) is 10.6. The third-order valence-electron chi connectivity index (χ3n) is 1.68. The lowest BCUT2D eigenvalue weighted by molar-refractivity contribution is -0.390. The number of rotatable bonds is 3. The van der Waals surface area contributed by atoms with Crippen LogP contribution in [0.3, 0.4) is 0 Å². The Bertz CT molecular complexity index is 401. The second-order valence-electron chi connectivity index (χ2n) is 2.52. The van der Waals surface area contributed by atoms with Crippen LogP contribution in [0.25, 0.3) is 0 Å². The molecule has 8 heteroatoms. The van der Waals surface area contributed by atoms with Gasteiger partial charge in [-0.15, -0.1) is 0 Å². The van der Waals surface area contributed by atoms with E-state index in [1.807, 2.05) is 0 Å². The van der Waals surface area contributed by atoms with Crippen LogP contribution in [0, 0.1) is 10.1 Å². The zero-order valence-corrected chi connectivity index (χ0v) is 10.3. The van der Waals surface area contributed by atoms with Crippen LogP contribution >= 0.6 is 31.9 Å². The molecule has 4 nitrogen and oxygen atoms in total. The third-order valence-corrected chi connectivity index (χ3v) is 3.07. The van der Waals surface area contributed by atoms with Gasteiger partial charge in [-0.05, 0) is 31.4 Å². The van der Waals surface area contributed by atoms with Crippen LogP contribution in [-0.2, 0) is 5.33 Å². The van der Waals surface area contributed by atoms with E-state index < -0.39 is 17.2 Å². The van der Waals surface area contributed by atoms with Crippen LogP contribution in [0.2, 0.25) is 0 Å². The van der Waals surface area contributed by atoms with Gasteiger partial charge >= 0.3 is 5.82 Å². The van der Waals surface area contributed by atoms with Crippen molar-refractivity contribution in [1.29, 1.82) is 0 Å². The van der Waals surface area contributed by atoms with Crippen molar-refractivity contribution in [2.24, 2.45) is 0 Å². The van der Waals surface area contributed by atoms with E-state index in [1.54, 1.807) is 0 Å². The molecule has 0 saturated carbocycles. The van der Waals surface area contributed by atoms with E-state index in [4.69, 9.17) is 0 Å². The molecule has 0 radical (unpaired) electrons. The summed E-state index contributed by atoms with van der Waals surface area (Å²) in [6.07, 6.45) is -1.88. The van der Waals surface area contributed by atoms with Crippen LogP contribution in [0.4, 0.5) is 14.6 Å². The average Bonchev–Trinajstić information content (AvgIpc) is 2.16. The lowest BCUT2D eigenvalue weighted by atomic mass is 10.1. The molecule has 0 unspecified atom stereocenters. The van der Waals surface area contributed by atoms with Crippen molar-refractivity contribution < 1.29 is 13.7 Å². The highest BCUT2D eigenvalue weighted by Gasteiger charge is 2.24. The normalized spacial score (nSPS) is 10.7. The monoisotopic (exact) mass is 344 g/mol. The molecular weight excluding hydrogens is 342 g/mol. The predicted octanol–water partition coefficient (Wildman–Crippen LogP) is 3.58. The summed E-state index contributed by atoms with van der Waals surface area (Å²) in [5.74, 6) is -0.464. The van der Waals surface area contributed by atoms with Crippen LogP contribution in [0.5, 0.6) is 0 Å². The second-order valence-corrected chi connectivity index (χ2v) is 3.87. The SMILES string of the molecule is O=[N+]([O-])c1ncc(C(F)F)c(CBr)c1Br. The number of alkyl halides is 3. The van der Waals surface area contributed by atoms with Crippen molar-refractivity contribution in [2.45, 2.75) is 11.8 Å². The fraction of sp³-hybridized carbons (Fsp3) is 0.286. The summed E-state index contributed by atoms with van der Waals surface area (Å²) in [5.41, 5.74) is -0.170. The van der Waals surface area contributed by atoms with Crippen molar-refractivity contribution in [1.82, 2.24) is 4.98 Å². The molecule has 0 atom stereocenters. The fourth-order valence-corrected chi connectivity index (χ4v) is 2.57. The van der Waals surface area contributed by atoms with Gasteiger partial charge in [0, 0.05) is 5.33 Å². The quantitative estimate of drug-likeness (QED) is 0.478. The number of hydrogen-bond acceptors (Lipinski definition) is 3. The van der Waals surface area contributed by atoms with Crippen LogP contribution < -0.4 is 0 Å². The fourth-order valence-electron chi connectivity index (χ4n) is 0.978. The molecule has 0 amide bonds. The Morgan fingerprint density at radius 2 is 2.20 bits per heavy atom. The van der Waals surface area contributed by atoms with Crippen LogP contribution in [0.1, 0.15) is 17.6 Å². The minimum atomic E-state index is -2.71. The number of aromatic nitrogens is 1. The summed E-state index contributed by atoms with van der Waals surface area (Å²) in [6, 6.07) is 0. The zero-order valence-electron chi connectivity index (χ0n) is 7.08. The lowest BCUT2D eigenvalue weighted by Crippen LogP contribution is -2.01. The summed E-state index contributed by atoms with van der Waals surface area (Å²) in [4.78, 5) is 13.1. The standard InChI is InChI=1S/C7H4Br2F2N2O2/c8-1-3-4(6(10)11)2-12-7(5(3)9)13(14)15/h2,6H,1H2. The minimum absolute atomic E-state index is 0.0119. The Labute approximate surface area is 100 Å². The first-order chi connectivity index (χ1) is 6.99. The molecule has 0 aliphatic carbocycles. The van der Waals surface area contributed by atoms with Crippen molar-refractivity contribution in [3.8, 4) is 0 Å². The van der Waals surface area contributed by atoms with Crippen LogP contribution in [0.15, 0.2) is 10.7 Å². The summed E-state index contributed by atoms with van der Waals surface area (Å²) in [6.45, 7) is 0. The van der Waals surface area contributed by atoms with Gasteiger partial charge in [0.2, 0.25) is 0 Å². The number of pyridine rings is 1. The Balaban J connectivity index is 3.39. The molecule has 15 heavy (non-hydrogen) atoms. The van der Waals surface area contributed by atoms with Gasteiger partial charge in [-0.2, -0.15) is 0 Å². The number of nitro groups is 1. The lowest BCUT2D eigenvalue weighted by Gasteiger charge is -2.06. The van der Waals surface area contributed by atoms with Crippen molar-refractivity contribution >= 4 is 37.7 Å². The molecule has 0 saturated heterocycles. The van der Waals surface area contributed by atoms with Gasteiger partial charge in [-0.25, -0.2) is 8.78 Å². The maximum absolute atomic E-state index is 12.5. The Morgan fingerprint density at radius 3 is 2.60 bits per heavy atom. The number of nitrogens with zero attached hydrogens (tertiary/aromatic N) is 2. The summed E-state index contributed by atoms with van der Waals surface area (Å²) < 4.78 is 24.9. The first-order valence-electron chi connectivity index (χ1n) is 3.64. The van der Waals surface area contributed by atoms with Gasteiger partial charge in [0.15, 0.2) is 0 Å². The maximum Gasteiger partial charge on any atom is 0.378 e. The van der Waals surface area contributed by atoms with Crippen molar-refractivity contribution in [3.63, 3.8) is 0 Å². The van der Waals surface area contributed by atoms with Gasteiger partial charge in [0.25, 0.3) is 6.43 Å². The van der Waals surface area contributed by atoms with E-state index in [0.717, 1.165) is 6.20 Å². The third kappa shape index (κ3) is 2.49. The maximum atomic E-state index is 12.5. The highest BCUT2D eigenvalue weighted by atomic mass is 79.9. The Morgan fingerprint density at radius 1 is 1.60 bits per heavy atom. The highest BCUT2D eigenvalue weighted by Crippen LogP contribution is 2.34. The molecule has 0 aliphatic heterocycles. The van der Waals surface area contributed by atoms with Crippen molar-refractivity contribution in [3.05, 3.63) is 31.9 Å². The largest absolute Gasteiger partial charge is 0.378 e. The molecule has 0 spiro atoms. The molecule has 1 aromatic rings. The van der Waals surface area contributed by atoms with E-state index in [1.165, 1.54) is 0 Å². The molecule has 82 valence electrons. The Hall–Kier alpha value is -0.630. The van der Waals surface area contributed by atoms with Gasteiger partial charge in [-0.3, -0.25) is 0 Å². The van der Waals surface area contributed by atoms with Gasteiger partial charge in [-0.1, -0.05) is 15.9 Å². The smallest absolute Gasteiger partial charge is 0.358 e. The zero-order chi connectivity index (χ0) is 11.6. The predicted molar refractivity (Wildman–Crippen MR) is 56.2 cm³/mol. The highest BCUT2D eigenvalue weighted by molar-refractivity contribution is 9.11. The van der Waals surface area contributed by atoms with E-state index in [2.05, 4.69) is 36.8 Å². The van der Waals surface area contributed by atoms with Gasteiger partial charge in [0.1, 0.15) is 10.7 Å². The molecule has 0 N–H and O–H groups in total. The second kappa shape index (κ2) is 4.93. The minimum Gasteiger partial charge on any atom is -0.358 e.